The van der Waals surface area contributed by atoms with Crippen LogP contribution in [0.2, 0.25) is 0 Å². The predicted molar refractivity (Wildman–Crippen MR) is 45.6 cm³/mol. The van der Waals surface area contributed by atoms with Crippen LogP contribution in [0.1, 0.15) is 12.8 Å². The molecule has 0 amide bonds. The fraction of sp³-hybridized carbons (Fsp3) is 0.875. The normalized spacial score (nSPS) is 33.1. The first kappa shape index (κ1) is 12.7. The van der Waals surface area contributed by atoms with Crippen LogP contribution in [0.3, 0.4) is 0 Å². The van der Waals surface area contributed by atoms with Crippen molar-refractivity contribution in [1.82, 2.24) is 0 Å². The molecule has 0 aromatic heterocycles. The maximum absolute atomic E-state index is 10.6. The molecule has 0 saturated heterocycles. The van der Waals surface area contributed by atoms with Gasteiger partial charge in [0.25, 0.3) is 0 Å². The standard InChI is InChI=1S/C8H16N2O2.ClH/c1-10(2,3)6-4-8(9,5-6)7(11)12;/h6H,4-5,9H2,1-3H3;1H. The largest absolute Gasteiger partial charge is 1.00 e. The Morgan fingerprint density at radius 1 is 1.46 bits per heavy atom. The molecular weight excluding hydrogens is 192 g/mol. The van der Waals surface area contributed by atoms with Gasteiger partial charge >= 0.3 is 5.97 Å². The van der Waals surface area contributed by atoms with Gasteiger partial charge in [-0.3, -0.25) is 4.79 Å². The van der Waals surface area contributed by atoms with Crippen molar-refractivity contribution in [3.8, 4) is 0 Å². The molecule has 78 valence electrons. The fourth-order valence-electron chi connectivity index (χ4n) is 1.50. The second-order valence-corrected chi connectivity index (χ2v) is 4.64. The molecule has 1 aliphatic carbocycles. The highest BCUT2D eigenvalue weighted by Crippen LogP contribution is 2.35. The zero-order chi connectivity index (χ0) is 9.57. The monoisotopic (exact) mass is 208 g/mol. The molecule has 1 fully saturated rings. The van der Waals surface area contributed by atoms with Gasteiger partial charge in [-0.2, -0.15) is 0 Å². The SMILES string of the molecule is C[N+](C)(C)C1CC(N)(C(=O)O)C1.[Cl-]. The third-order valence-corrected chi connectivity index (χ3v) is 2.72. The lowest BCUT2D eigenvalue weighted by molar-refractivity contribution is -0.903. The lowest BCUT2D eigenvalue weighted by Crippen LogP contribution is -3.00. The molecule has 4 nitrogen and oxygen atoms in total. The molecule has 0 aromatic carbocycles. The first-order valence-corrected chi connectivity index (χ1v) is 4.09. The molecule has 0 spiro atoms. The van der Waals surface area contributed by atoms with Crippen LogP contribution in [0.4, 0.5) is 0 Å². The Labute approximate surface area is 84.7 Å². The van der Waals surface area contributed by atoms with Crippen molar-refractivity contribution in [3.63, 3.8) is 0 Å². The van der Waals surface area contributed by atoms with E-state index in [1.54, 1.807) is 0 Å². The molecule has 1 aliphatic rings. The molecule has 1 rings (SSSR count). The van der Waals surface area contributed by atoms with Crippen LogP contribution in [-0.4, -0.2) is 48.3 Å². The van der Waals surface area contributed by atoms with Gasteiger partial charge in [-0.15, -0.1) is 0 Å². The summed E-state index contributed by atoms with van der Waals surface area (Å²) in [6.07, 6.45) is 1.18. The van der Waals surface area contributed by atoms with Gasteiger partial charge in [-0.05, 0) is 0 Å². The molecule has 5 heteroatoms. The maximum Gasteiger partial charge on any atom is 0.324 e. The first-order valence-electron chi connectivity index (χ1n) is 4.09. The minimum Gasteiger partial charge on any atom is -1.00 e. The highest BCUT2D eigenvalue weighted by Gasteiger charge is 2.52. The van der Waals surface area contributed by atoms with Gasteiger partial charge in [0.15, 0.2) is 0 Å². The number of hydrogen-bond donors (Lipinski definition) is 2. The van der Waals surface area contributed by atoms with Crippen LogP contribution in [0.25, 0.3) is 0 Å². The number of nitrogens with two attached hydrogens (primary N) is 1. The number of carboxylic acid groups (broad SMARTS) is 1. The van der Waals surface area contributed by atoms with Gasteiger partial charge < -0.3 is 27.7 Å². The van der Waals surface area contributed by atoms with Gasteiger partial charge in [0.1, 0.15) is 5.54 Å². The van der Waals surface area contributed by atoms with E-state index in [9.17, 15) is 4.79 Å². The highest BCUT2D eigenvalue weighted by molar-refractivity contribution is 5.80. The quantitative estimate of drug-likeness (QED) is 0.466. The lowest BCUT2D eigenvalue weighted by Gasteiger charge is -2.48. The molecule has 0 aromatic rings. The van der Waals surface area contributed by atoms with Crippen LogP contribution in [0, 0.1) is 0 Å². The second kappa shape index (κ2) is 3.44. The predicted octanol–water partition coefficient (Wildman–Crippen LogP) is -3.36. The van der Waals surface area contributed by atoms with E-state index in [0.717, 1.165) is 4.48 Å². The Morgan fingerprint density at radius 3 is 2.08 bits per heavy atom. The second-order valence-electron chi connectivity index (χ2n) is 4.64. The van der Waals surface area contributed by atoms with Crippen molar-refractivity contribution in [2.75, 3.05) is 21.1 Å². The smallest absolute Gasteiger partial charge is 0.324 e. The summed E-state index contributed by atoms with van der Waals surface area (Å²) in [4.78, 5) is 10.6. The number of carboxylic acids is 1. The zero-order valence-electron chi connectivity index (χ0n) is 8.25. The molecule has 0 aliphatic heterocycles. The Balaban J connectivity index is 0.00000144. The number of nitrogens with zero attached hydrogens (tertiary/aromatic N) is 1. The highest BCUT2D eigenvalue weighted by atomic mass is 35.5. The van der Waals surface area contributed by atoms with E-state index in [1.807, 2.05) is 0 Å². The minimum atomic E-state index is -0.948. The Morgan fingerprint density at radius 2 is 1.85 bits per heavy atom. The van der Waals surface area contributed by atoms with Crippen LogP contribution in [-0.2, 0) is 4.79 Å². The average Bonchev–Trinajstić information content (AvgIpc) is 1.77. The summed E-state index contributed by atoms with van der Waals surface area (Å²) in [5.41, 5.74) is 4.67. The first-order chi connectivity index (χ1) is 5.26. The molecule has 0 radical (unpaired) electrons. The van der Waals surface area contributed by atoms with Crippen molar-refractivity contribution in [2.24, 2.45) is 5.73 Å². The van der Waals surface area contributed by atoms with Crippen molar-refractivity contribution in [2.45, 2.75) is 24.4 Å². The molecule has 1 saturated carbocycles. The van der Waals surface area contributed by atoms with Gasteiger partial charge in [-0.25, -0.2) is 0 Å². The van der Waals surface area contributed by atoms with Crippen LogP contribution in [0.5, 0.6) is 0 Å². The maximum atomic E-state index is 10.6. The summed E-state index contributed by atoms with van der Waals surface area (Å²) < 4.78 is 0.798. The van der Waals surface area contributed by atoms with E-state index in [1.165, 1.54) is 0 Å². The molecule has 13 heavy (non-hydrogen) atoms. The Kier molecular flexibility index (Phi) is 3.36. The minimum absolute atomic E-state index is 0. The number of halogens is 1. The van der Waals surface area contributed by atoms with Crippen LogP contribution >= 0.6 is 0 Å². The number of hydrogen-bond acceptors (Lipinski definition) is 2. The molecular formula is C8H17ClN2O2. The number of quaternary nitrogens is 1. The zero-order valence-corrected chi connectivity index (χ0v) is 9.01. The van der Waals surface area contributed by atoms with Crippen molar-refractivity contribution in [3.05, 3.63) is 0 Å². The fourth-order valence-corrected chi connectivity index (χ4v) is 1.50. The Bertz CT molecular complexity index is 207. The third kappa shape index (κ3) is 2.33. The van der Waals surface area contributed by atoms with E-state index >= 15 is 0 Å². The van der Waals surface area contributed by atoms with Gasteiger partial charge in [0, 0.05) is 12.8 Å². The number of carbonyl (C=O) groups is 1. The molecule has 0 unspecified atom stereocenters. The summed E-state index contributed by atoms with van der Waals surface area (Å²) in [5, 5.41) is 8.74. The van der Waals surface area contributed by atoms with E-state index in [2.05, 4.69) is 21.1 Å². The Hall–Kier alpha value is -0.320. The van der Waals surface area contributed by atoms with Crippen molar-refractivity contribution in [1.29, 1.82) is 0 Å². The van der Waals surface area contributed by atoms with Crippen LogP contribution in [0.15, 0.2) is 0 Å². The number of aliphatic carboxylic acids is 1. The van der Waals surface area contributed by atoms with E-state index in [-0.39, 0.29) is 12.4 Å². The molecule has 0 heterocycles. The number of rotatable bonds is 2. The van der Waals surface area contributed by atoms with Crippen LogP contribution < -0.4 is 18.1 Å². The summed E-state index contributed by atoms with van der Waals surface area (Å²) in [7, 11) is 6.18. The third-order valence-electron chi connectivity index (χ3n) is 2.72. The summed E-state index contributed by atoms with van der Waals surface area (Å²) in [6.45, 7) is 0. The molecule has 0 bridgehead atoms. The van der Waals surface area contributed by atoms with Crippen molar-refractivity contribution < 1.29 is 26.8 Å². The van der Waals surface area contributed by atoms with E-state index < -0.39 is 11.5 Å². The molecule has 0 atom stereocenters. The van der Waals surface area contributed by atoms with Crippen molar-refractivity contribution >= 4 is 5.97 Å². The van der Waals surface area contributed by atoms with Gasteiger partial charge in [0.05, 0.1) is 27.2 Å². The topological polar surface area (TPSA) is 63.3 Å². The average molecular weight is 209 g/mol. The van der Waals surface area contributed by atoms with Gasteiger partial charge in [0.2, 0.25) is 0 Å². The summed E-state index contributed by atoms with van der Waals surface area (Å²) in [5.74, 6) is -0.868. The van der Waals surface area contributed by atoms with Gasteiger partial charge in [-0.1, -0.05) is 0 Å². The van der Waals surface area contributed by atoms with E-state index in [4.69, 9.17) is 10.8 Å². The van der Waals surface area contributed by atoms with E-state index in [0.29, 0.717) is 18.9 Å². The lowest BCUT2D eigenvalue weighted by atomic mass is 9.72. The summed E-state index contributed by atoms with van der Waals surface area (Å²) in [6, 6.07) is 0.395. The summed E-state index contributed by atoms with van der Waals surface area (Å²) >= 11 is 0. The molecule has 3 N–H and O–H groups in total.